The van der Waals surface area contributed by atoms with Crippen LogP contribution in [0.2, 0.25) is 0 Å². The zero-order valence-electron chi connectivity index (χ0n) is 20.0. The van der Waals surface area contributed by atoms with Crippen molar-refractivity contribution in [2.75, 3.05) is 46.3 Å². The van der Waals surface area contributed by atoms with Crippen molar-refractivity contribution in [3.05, 3.63) is 65.5 Å². The lowest BCUT2D eigenvalue weighted by Gasteiger charge is -2.62. The summed E-state index contributed by atoms with van der Waals surface area (Å²) in [6, 6.07) is 12.6. The number of aromatic nitrogens is 1. The van der Waals surface area contributed by atoms with Gasteiger partial charge in [-0.3, -0.25) is 19.4 Å². The normalized spacial score (nSPS) is 22.1. The van der Waals surface area contributed by atoms with Crippen molar-refractivity contribution in [2.45, 2.75) is 31.3 Å². The minimum atomic E-state index is -0.773. The van der Waals surface area contributed by atoms with Crippen molar-refractivity contribution < 1.29 is 14.4 Å². The van der Waals surface area contributed by atoms with Crippen LogP contribution in [-0.4, -0.2) is 100 Å². The van der Waals surface area contributed by atoms with Gasteiger partial charge >= 0.3 is 0 Å². The average molecular weight is 462 g/mol. The van der Waals surface area contributed by atoms with E-state index >= 15 is 0 Å². The minimum Gasteiger partial charge on any atom is -0.340 e. The predicted octanol–water partition coefficient (Wildman–Crippen LogP) is 1.70. The Labute approximate surface area is 200 Å². The zero-order valence-corrected chi connectivity index (χ0v) is 20.0. The van der Waals surface area contributed by atoms with E-state index in [0.717, 1.165) is 18.7 Å². The first-order chi connectivity index (χ1) is 16.3. The van der Waals surface area contributed by atoms with Gasteiger partial charge in [0.25, 0.3) is 11.8 Å². The van der Waals surface area contributed by atoms with Gasteiger partial charge in [-0.2, -0.15) is 0 Å². The number of benzene rings is 1. The number of piperazine rings is 1. The van der Waals surface area contributed by atoms with Crippen molar-refractivity contribution in [2.24, 2.45) is 0 Å². The van der Waals surface area contributed by atoms with Crippen LogP contribution in [0.25, 0.3) is 0 Å². The molecule has 1 aromatic heterocycles. The average Bonchev–Trinajstić information content (AvgIpc) is 2.82. The largest absolute Gasteiger partial charge is 0.340 e. The molecule has 1 atom stereocenters. The van der Waals surface area contributed by atoms with Crippen LogP contribution >= 0.6 is 0 Å². The van der Waals surface area contributed by atoms with Gasteiger partial charge < -0.3 is 19.6 Å². The van der Waals surface area contributed by atoms with Gasteiger partial charge in [-0.05, 0) is 44.7 Å². The monoisotopic (exact) mass is 461 g/mol. The van der Waals surface area contributed by atoms with E-state index in [1.807, 2.05) is 47.9 Å². The van der Waals surface area contributed by atoms with E-state index in [0.29, 0.717) is 37.4 Å². The molecule has 1 aromatic carbocycles. The molecule has 0 aliphatic carbocycles. The quantitative estimate of drug-likeness (QED) is 0.696. The van der Waals surface area contributed by atoms with Gasteiger partial charge in [0.05, 0.1) is 11.5 Å². The number of amides is 3. The van der Waals surface area contributed by atoms with Gasteiger partial charge in [0.2, 0.25) is 5.91 Å². The van der Waals surface area contributed by atoms with Crippen LogP contribution in [0.5, 0.6) is 0 Å². The first-order valence-corrected chi connectivity index (χ1v) is 11.9. The molecule has 8 nitrogen and oxygen atoms in total. The van der Waals surface area contributed by atoms with Crippen LogP contribution in [0.1, 0.15) is 46.2 Å². The number of nitrogens with zero attached hydrogens (tertiary/aromatic N) is 5. The molecule has 0 saturated carbocycles. The molecule has 5 rings (SSSR count). The van der Waals surface area contributed by atoms with E-state index in [2.05, 4.69) is 16.9 Å². The summed E-state index contributed by atoms with van der Waals surface area (Å²) in [6.07, 6.45) is 1.60. The summed E-state index contributed by atoms with van der Waals surface area (Å²) in [6.45, 7) is 7.55. The van der Waals surface area contributed by atoms with E-state index in [-0.39, 0.29) is 23.8 Å². The molecule has 0 radical (unpaired) electrons. The van der Waals surface area contributed by atoms with Crippen molar-refractivity contribution in [3.8, 4) is 0 Å². The fraction of sp³-hybridized carbons (Fsp3) is 0.462. The zero-order chi connectivity index (χ0) is 24.0. The summed E-state index contributed by atoms with van der Waals surface area (Å²) in [5, 5.41) is 0. The minimum absolute atomic E-state index is 0.0450. The smallest absolute Gasteiger partial charge is 0.272 e. The maximum Gasteiger partial charge on any atom is 0.272 e. The first kappa shape index (κ1) is 22.5. The van der Waals surface area contributed by atoms with Gasteiger partial charge in [-0.25, -0.2) is 0 Å². The fourth-order valence-corrected chi connectivity index (χ4v) is 5.77. The Hall–Kier alpha value is -3.26. The summed E-state index contributed by atoms with van der Waals surface area (Å²) in [5.74, 6) is -0.714. The second-order valence-electron chi connectivity index (χ2n) is 9.90. The standard InChI is InChI=1S/C26H31N5O3/c1-18(2)31-23(32)20-9-5-4-8-19(20)22(25(34)29-14-12-28(3)13-15-29)26(31)16-30(17-26)24(33)21-10-6-7-11-27-21/h4-11,18,22H,12-17H2,1-3H3. The number of hydrogen-bond donors (Lipinski definition) is 0. The Bertz CT molecular complexity index is 1100. The molecular formula is C26H31N5O3. The molecule has 2 fully saturated rings. The highest BCUT2D eigenvalue weighted by atomic mass is 16.2. The number of carbonyl (C=O) groups excluding carboxylic acids is 3. The SMILES string of the molecule is CC(C)N1C(=O)c2ccccc2C(C(=O)N2CCN(C)CC2)C12CN(C(=O)c1ccccn1)C2. The van der Waals surface area contributed by atoms with Crippen LogP contribution in [-0.2, 0) is 4.79 Å². The summed E-state index contributed by atoms with van der Waals surface area (Å²) >= 11 is 0. The summed E-state index contributed by atoms with van der Waals surface area (Å²) < 4.78 is 0. The Kier molecular flexibility index (Phi) is 5.64. The van der Waals surface area contributed by atoms with E-state index in [1.54, 1.807) is 29.3 Å². The van der Waals surface area contributed by atoms with E-state index < -0.39 is 11.5 Å². The van der Waals surface area contributed by atoms with E-state index in [1.165, 1.54) is 0 Å². The number of likely N-dealkylation sites (tertiary alicyclic amines) is 1. The second kappa shape index (κ2) is 8.51. The van der Waals surface area contributed by atoms with Crippen LogP contribution in [0.15, 0.2) is 48.7 Å². The molecule has 3 aliphatic rings. The third kappa shape index (κ3) is 3.48. The second-order valence-corrected chi connectivity index (χ2v) is 9.90. The summed E-state index contributed by atoms with van der Waals surface area (Å²) in [5.41, 5.74) is 0.963. The topological polar surface area (TPSA) is 77.1 Å². The molecular weight excluding hydrogens is 430 g/mol. The highest BCUT2D eigenvalue weighted by Crippen LogP contribution is 2.48. The van der Waals surface area contributed by atoms with Gasteiger partial charge in [0.1, 0.15) is 5.69 Å². The Morgan fingerprint density at radius 1 is 0.971 bits per heavy atom. The lowest BCUT2D eigenvalue weighted by Crippen LogP contribution is -2.78. The molecule has 0 bridgehead atoms. The molecule has 34 heavy (non-hydrogen) atoms. The van der Waals surface area contributed by atoms with Crippen molar-refractivity contribution >= 4 is 17.7 Å². The Morgan fingerprint density at radius 2 is 1.65 bits per heavy atom. The highest BCUT2D eigenvalue weighted by molar-refractivity contribution is 6.03. The third-order valence-electron chi connectivity index (χ3n) is 7.42. The maximum absolute atomic E-state index is 14.1. The molecule has 3 aliphatic heterocycles. The number of hydrogen-bond acceptors (Lipinski definition) is 5. The van der Waals surface area contributed by atoms with Gasteiger partial charge in [-0.15, -0.1) is 0 Å². The Balaban J connectivity index is 1.55. The molecule has 8 heteroatoms. The van der Waals surface area contributed by atoms with Crippen molar-refractivity contribution in [1.29, 1.82) is 0 Å². The van der Waals surface area contributed by atoms with Crippen molar-refractivity contribution in [3.63, 3.8) is 0 Å². The molecule has 1 unspecified atom stereocenters. The number of carbonyl (C=O) groups is 3. The van der Waals surface area contributed by atoms with Crippen LogP contribution in [0, 0.1) is 0 Å². The van der Waals surface area contributed by atoms with Gasteiger partial charge in [0.15, 0.2) is 0 Å². The van der Waals surface area contributed by atoms with Crippen LogP contribution in [0.4, 0.5) is 0 Å². The van der Waals surface area contributed by atoms with Crippen LogP contribution < -0.4 is 0 Å². The molecule has 0 N–H and O–H groups in total. The number of rotatable bonds is 3. The molecule has 178 valence electrons. The maximum atomic E-state index is 14.1. The van der Waals surface area contributed by atoms with E-state index in [9.17, 15) is 14.4 Å². The summed E-state index contributed by atoms with van der Waals surface area (Å²) in [4.78, 5) is 52.8. The summed E-state index contributed by atoms with van der Waals surface area (Å²) in [7, 11) is 2.06. The highest BCUT2D eigenvalue weighted by Gasteiger charge is 2.62. The molecule has 1 spiro atoms. The van der Waals surface area contributed by atoms with E-state index in [4.69, 9.17) is 0 Å². The first-order valence-electron chi connectivity index (χ1n) is 11.9. The number of pyridine rings is 1. The fourth-order valence-electron chi connectivity index (χ4n) is 5.77. The Morgan fingerprint density at radius 3 is 2.29 bits per heavy atom. The third-order valence-corrected chi connectivity index (χ3v) is 7.42. The molecule has 4 heterocycles. The molecule has 3 amide bonds. The van der Waals surface area contributed by atoms with Gasteiger partial charge in [0, 0.05) is 57.1 Å². The number of fused-ring (bicyclic) bond motifs is 1. The number of likely N-dealkylation sites (N-methyl/N-ethyl adjacent to an activating group) is 1. The lowest BCUT2D eigenvalue weighted by atomic mass is 9.67. The van der Waals surface area contributed by atoms with Crippen molar-refractivity contribution in [1.82, 2.24) is 24.6 Å². The predicted molar refractivity (Wildman–Crippen MR) is 127 cm³/mol. The lowest BCUT2D eigenvalue weighted by molar-refractivity contribution is -0.144. The molecule has 2 saturated heterocycles. The van der Waals surface area contributed by atoms with Crippen LogP contribution in [0.3, 0.4) is 0 Å². The molecule has 2 aromatic rings. The van der Waals surface area contributed by atoms with Gasteiger partial charge in [-0.1, -0.05) is 24.3 Å².